The Balaban J connectivity index is 1.58. The van der Waals surface area contributed by atoms with Crippen molar-refractivity contribution in [3.05, 3.63) is 91.0 Å². The highest BCUT2D eigenvalue weighted by Crippen LogP contribution is 2.42. The van der Waals surface area contributed by atoms with Gasteiger partial charge in [0.15, 0.2) is 0 Å². The van der Waals surface area contributed by atoms with Crippen molar-refractivity contribution >= 4 is 75.1 Å². The fourth-order valence-electron chi connectivity index (χ4n) is 5.20. The van der Waals surface area contributed by atoms with Crippen molar-refractivity contribution in [2.24, 2.45) is 0 Å². The van der Waals surface area contributed by atoms with Gasteiger partial charge in [-0.15, -0.1) is 0 Å². The molecule has 1 heterocycles. The van der Waals surface area contributed by atoms with Crippen LogP contribution in [0.15, 0.2) is 95.4 Å². The van der Waals surface area contributed by atoms with Gasteiger partial charge in [-0.1, -0.05) is 54.6 Å². The Hall–Kier alpha value is -4.30. The standard InChI is InChI=1S/C29H15F3O4S/c30-29(31,32)37(33,34)36-17-10-11-21-22(13-17)19-7-3-4-8-20(19)23-14-25-27(15-24(21)23)35-26-12-9-16-5-1-2-6-18(16)28(25)26/h1-15H. The average molecular weight is 516 g/mol. The molecule has 0 amide bonds. The zero-order valence-electron chi connectivity index (χ0n) is 18.8. The molecule has 1 aromatic heterocycles. The van der Waals surface area contributed by atoms with Crippen LogP contribution in [0.3, 0.4) is 0 Å². The molecule has 0 unspecified atom stereocenters. The van der Waals surface area contributed by atoms with Crippen LogP contribution < -0.4 is 4.18 Å². The second-order valence-electron chi connectivity index (χ2n) is 8.89. The summed E-state index contributed by atoms with van der Waals surface area (Å²) >= 11 is 0. The zero-order chi connectivity index (χ0) is 25.5. The van der Waals surface area contributed by atoms with Crippen molar-refractivity contribution in [1.82, 2.24) is 0 Å². The van der Waals surface area contributed by atoms with E-state index in [1.807, 2.05) is 54.6 Å². The van der Waals surface area contributed by atoms with Crippen LogP contribution in [0, 0.1) is 0 Å². The number of rotatable bonds is 2. The van der Waals surface area contributed by atoms with E-state index >= 15 is 0 Å². The van der Waals surface area contributed by atoms with E-state index in [1.54, 1.807) is 6.07 Å². The predicted molar refractivity (Wildman–Crippen MR) is 139 cm³/mol. The molecular weight excluding hydrogens is 501 g/mol. The lowest BCUT2D eigenvalue weighted by Crippen LogP contribution is -2.28. The Bertz CT molecular complexity index is 2180. The van der Waals surface area contributed by atoms with Crippen molar-refractivity contribution in [2.75, 3.05) is 0 Å². The van der Waals surface area contributed by atoms with Crippen molar-refractivity contribution in [1.29, 1.82) is 0 Å². The molecule has 7 aromatic rings. The first-order valence-electron chi connectivity index (χ1n) is 11.3. The third kappa shape index (κ3) is 3.18. The highest BCUT2D eigenvalue weighted by molar-refractivity contribution is 7.88. The molecule has 0 bridgehead atoms. The van der Waals surface area contributed by atoms with Crippen molar-refractivity contribution < 1.29 is 30.2 Å². The van der Waals surface area contributed by atoms with E-state index in [9.17, 15) is 21.6 Å². The maximum atomic E-state index is 12.9. The summed E-state index contributed by atoms with van der Waals surface area (Å²) in [7, 11) is -5.79. The normalized spacial score (nSPS) is 12.9. The number of benzene rings is 6. The Kier molecular flexibility index (Phi) is 4.37. The highest BCUT2D eigenvalue weighted by atomic mass is 32.2. The minimum absolute atomic E-state index is 0.411. The largest absolute Gasteiger partial charge is 0.534 e. The molecule has 4 nitrogen and oxygen atoms in total. The third-order valence-corrected chi connectivity index (χ3v) is 7.76. The average Bonchev–Trinajstić information content (AvgIpc) is 3.25. The topological polar surface area (TPSA) is 56.5 Å². The second kappa shape index (κ2) is 7.36. The van der Waals surface area contributed by atoms with E-state index < -0.39 is 21.4 Å². The molecule has 0 aliphatic rings. The van der Waals surface area contributed by atoms with Crippen molar-refractivity contribution in [3.8, 4) is 5.75 Å². The summed E-state index contributed by atoms with van der Waals surface area (Å²) in [5.41, 5.74) is -4.09. The lowest BCUT2D eigenvalue weighted by molar-refractivity contribution is -0.0500. The molecule has 0 fully saturated rings. The summed E-state index contributed by atoms with van der Waals surface area (Å²) < 4.78 is 72.6. The molecule has 0 saturated carbocycles. The van der Waals surface area contributed by atoms with Gasteiger partial charge in [-0.3, -0.25) is 0 Å². The van der Waals surface area contributed by atoms with Crippen molar-refractivity contribution in [3.63, 3.8) is 0 Å². The fourth-order valence-corrected chi connectivity index (χ4v) is 5.65. The molecule has 8 heteroatoms. The van der Waals surface area contributed by atoms with E-state index in [0.717, 1.165) is 54.1 Å². The van der Waals surface area contributed by atoms with E-state index in [-0.39, 0.29) is 0 Å². The minimum Gasteiger partial charge on any atom is -0.456 e. The Labute approximate surface area is 207 Å². The lowest BCUT2D eigenvalue weighted by Gasteiger charge is -2.13. The summed E-state index contributed by atoms with van der Waals surface area (Å²) in [6.07, 6.45) is 0. The Morgan fingerprint density at radius 3 is 1.95 bits per heavy atom. The first-order valence-corrected chi connectivity index (χ1v) is 12.7. The Morgan fingerprint density at radius 1 is 0.595 bits per heavy atom. The number of alkyl halides is 3. The van der Waals surface area contributed by atoms with Gasteiger partial charge in [-0.05, 0) is 79.5 Å². The van der Waals surface area contributed by atoms with Crippen LogP contribution in [0.4, 0.5) is 13.2 Å². The van der Waals surface area contributed by atoms with Crippen LogP contribution in [0.5, 0.6) is 5.75 Å². The van der Waals surface area contributed by atoms with Gasteiger partial charge in [0, 0.05) is 10.8 Å². The summed E-state index contributed by atoms with van der Waals surface area (Å²) in [6, 6.07) is 27.7. The number of fused-ring (bicyclic) bond motifs is 11. The number of hydrogen-bond donors (Lipinski definition) is 0. The summed E-state index contributed by atoms with van der Waals surface area (Å²) in [4.78, 5) is 0. The molecular formula is C29H15F3O4S. The molecule has 0 atom stereocenters. The SMILES string of the molecule is O=S(=O)(Oc1ccc2c(c1)c1ccccc1c1cc3c(cc21)oc1ccc2ccccc2c13)C(F)(F)F. The minimum atomic E-state index is -5.79. The van der Waals surface area contributed by atoms with Crippen LogP contribution in [0.2, 0.25) is 0 Å². The molecule has 0 aliphatic heterocycles. The molecule has 37 heavy (non-hydrogen) atoms. The Morgan fingerprint density at radius 2 is 1.22 bits per heavy atom. The van der Waals surface area contributed by atoms with Gasteiger partial charge >= 0.3 is 15.6 Å². The van der Waals surface area contributed by atoms with E-state index in [1.165, 1.54) is 12.1 Å². The maximum absolute atomic E-state index is 12.9. The van der Waals surface area contributed by atoms with Crippen LogP contribution in [-0.4, -0.2) is 13.9 Å². The third-order valence-electron chi connectivity index (χ3n) is 6.78. The number of hydrogen-bond acceptors (Lipinski definition) is 4. The maximum Gasteiger partial charge on any atom is 0.534 e. The molecule has 0 N–H and O–H groups in total. The van der Waals surface area contributed by atoms with Crippen LogP contribution in [0.1, 0.15) is 0 Å². The van der Waals surface area contributed by atoms with Gasteiger partial charge in [0.05, 0.1) is 0 Å². The highest BCUT2D eigenvalue weighted by Gasteiger charge is 2.48. The van der Waals surface area contributed by atoms with Crippen LogP contribution in [0.25, 0.3) is 65.0 Å². The number of furan rings is 1. The summed E-state index contributed by atoms with van der Waals surface area (Å²) in [6.45, 7) is 0. The van der Waals surface area contributed by atoms with Crippen LogP contribution >= 0.6 is 0 Å². The lowest BCUT2D eigenvalue weighted by atomic mass is 9.93. The molecule has 0 saturated heterocycles. The molecule has 182 valence electrons. The van der Waals surface area contributed by atoms with Gasteiger partial charge in [-0.25, -0.2) is 0 Å². The first-order chi connectivity index (χ1) is 17.7. The van der Waals surface area contributed by atoms with Gasteiger partial charge in [0.2, 0.25) is 0 Å². The van der Waals surface area contributed by atoms with Gasteiger partial charge in [0.1, 0.15) is 16.9 Å². The van der Waals surface area contributed by atoms with Gasteiger partial charge in [0.25, 0.3) is 0 Å². The van der Waals surface area contributed by atoms with E-state index in [2.05, 4.69) is 22.4 Å². The van der Waals surface area contributed by atoms with Crippen molar-refractivity contribution in [2.45, 2.75) is 5.51 Å². The van der Waals surface area contributed by atoms with E-state index in [4.69, 9.17) is 4.42 Å². The molecule has 7 rings (SSSR count). The molecule has 0 spiro atoms. The number of halogens is 3. The predicted octanol–water partition coefficient (Wildman–Crippen LogP) is 8.43. The smallest absolute Gasteiger partial charge is 0.456 e. The first kappa shape index (κ1) is 21.9. The van der Waals surface area contributed by atoms with Gasteiger partial charge < -0.3 is 8.60 Å². The summed E-state index contributed by atoms with van der Waals surface area (Å²) in [5.74, 6) is -0.411. The molecule has 0 aliphatic carbocycles. The van der Waals surface area contributed by atoms with E-state index in [0.29, 0.717) is 11.0 Å². The summed E-state index contributed by atoms with van der Waals surface area (Å²) in [5, 5.41) is 8.86. The molecule has 0 radical (unpaired) electrons. The fraction of sp³-hybridized carbons (Fsp3) is 0.0345. The monoisotopic (exact) mass is 516 g/mol. The second-order valence-corrected chi connectivity index (χ2v) is 10.4. The van der Waals surface area contributed by atoms with Crippen LogP contribution in [-0.2, 0) is 10.1 Å². The molecule has 6 aromatic carbocycles. The quantitative estimate of drug-likeness (QED) is 0.131. The van der Waals surface area contributed by atoms with Gasteiger partial charge in [-0.2, -0.15) is 21.6 Å². The zero-order valence-corrected chi connectivity index (χ0v) is 19.7.